The second-order valence-electron chi connectivity index (χ2n) is 3.54. The number of rotatable bonds is 1. The first-order valence-electron chi connectivity index (χ1n) is 4.73. The fourth-order valence-corrected chi connectivity index (χ4v) is 1.51. The van der Waals surface area contributed by atoms with Gasteiger partial charge in [0.15, 0.2) is 0 Å². The summed E-state index contributed by atoms with van der Waals surface area (Å²) >= 11 is 0. The largest absolute Gasteiger partial charge is 0.399 e. The highest BCUT2D eigenvalue weighted by Crippen LogP contribution is 2.07. The van der Waals surface area contributed by atoms with E-state index in [9.17, 15) is 9.59 Å². The molecule has 0 aliphatic carbocycles. The van der Waals surface area contributed by atoms with Crippen molar-refractivity contribution in [3.8, 4) is 5.69 Å². The summed E-state index contributed by atoms with van der Waals surface area (Å²) in [5.74, 6) is 0. The van der Waals surface area contributed by atoms with Gasteiger partial charge in [-0.05, 0) is 18.2 Å². The number of aromatic nitrogens is 3. The molecule has 0 radical (unpaired) electrons. The van der Waals surface area contributed by atoms with E-state index < -0.39 is 11.4 Å². The molecule has 2 aromatic rings. The molecule has 1 aromatic carbocycles. The lowest BCUT2D eigenvalue weighted by Gasteiger charge is -1.99. The highest BCUT2D eigenvalue weighted by Gasteiger charge is 2.11. The molecule has 0 bridgehead atoms. The van der Waals surface area contributed by atoms with Crippen LogP contribution in [0.15, 0.2) is 33.9 Å². The molecule has 84 valence electrons. The van der Waals surface area contributed by atoms with E-state index in [1.165, 1.54) is 23.5 Å². The zero-order chi connectivity index (χ0) is 11.9. The zero-order valence-corrected chi connectivity index (χ0v) is 9.04. The molecule has 1 aromatic heterocycles. The van der Waals surface area contributed by atoms with E-state index in [1.54, 1.807) is 24.3 Å². The third kappa shape index (κ3) is 1.35. The molecule has 0 saturated carbocycles. The van der Waals surface area contributed by atoms with Gasteiger partial charge in [-0.2, -0.15) is 0 Å². The van der Waals surface area contributed by atoms with Crippen LogP contribution in [0, 0.1) is 0 Å². The number of nitrogen functional groups attached to an aromatic ring is 1. The van der Waals surface area contributed by atoms with Crippen LogP contribution in [0.25, 0.3) is 5.69 Å². The van der Waals surface area contributed by atoms with E-state index in [1.807, 2.05) is 0 Å². The maximum atomic E-state index is 11.8. The highest BCUT2D eigenvalue weighted by atomic mass is 16.2. The van der Waals surface area contributed by atoms with Gasteiger partial charge in [-0.25, -0.2) is 23.5 Å². The second kappa shape index (κ2) is 3.41. The van der Waals surface area contributed by atoms with Crippen molar-refractivity contribution in [2.24, 2.45) is 14.1 Å². The fourth-order valence-electron chi connectivity index (χ4n) is 1.51. The first-order valence-corrected chi connectivity index (χ1v) is 4.73. The Bertz CT molecular complexity index is 614. The molecule has 6 nitrogen and oxygen atoms in total. The summed E-state index contributed by atoms with van der Waals surface area (Å²) in [6.45, 7) is 0. The van der Waals surface area contributed by atoms with Gasteiger partial charge in [-0.3, -0.25) is 0 Å². The third-order valence-corrected chi connectivity index (χ3v) is 2.51. The number of anilines is 1. The monoisotopic (exact) mass is 220 g/mol. The Hall–Kier alpha value is -2.24. The summed E-state index contributed by atoms with van der Waals surface area (Å²) in [7, 11) is 3.07. The van der Waals surface area contributed by atoms with Crippen molar-refractivity contribution in [2.75, 3.05) is 5.73 Å². The van der Waals surface area contributed by atoms with Gasteiger partial charge < -0.3 is 5.73 Å². The minimum atomic E-state index is -0.391. The molecule has 0 aliphatic rings. The van der Waals surface area contributed by atoms with Gasteiger partial charge in [-0.15, -0.1) is 0 Å². The van der Waals surface area contributed by atoms with Crippen LogP contribution in [0.2, 0.25) is 0 Å². The molecule has 6 heteroatoms. The van der Waals surface area contributed by atoms with Crippen molar-refractivity contribution >= 4 is 5.69 Å². The summed E-state index contributed by atoms with van der Waals surface area (Å²) in [5.41, 5.74) is 5.82. The van der Waals surface area contributed by atoms with E-state index in [0.717, 1.165) is 4.57 Å². The molecule has 0 saturated heterocycles. The van der Waals surface area contributed by atoms with Gasteiger partial charge in [0.25, 0.3) is 0 Å². The molecule has 0 unspecified atom stereocenters. The second-order valence-corrected chi connectivity index (χ2v) is 3.54. The molecule has 2 rings (SSSR count). The summed E-state index contributed by atoms with van der Waals surface area (Å²) in [4.78, 5) is 23.6. The van der Waals surface area contributed by atoms with Crippen molar-refractivity contribution in [3.63, 3.8) is 0 Å². The van der Waals surface area contributed by atoms with Crippen molar-refractivity contribution in [2.45, 2.75) is 0 Å². The number of nitrogens with zero attached hydrogens (tertiary/aromatic N) is 3. The summed E-state index contributed by atoms with van der Waals surface area (Å²) in [6, 6.07) is 6.65. The van der Waals surface area contributed by atoms with Crippen LogP contribution in [0.4, 0.5) is 5.69 Å². The maximum Gasteiger partial charge on any atom is 0.351 e. The molecular formula is C10H12N4O2. The van der Waals surface area contributed by atoms with E-state index in [0.29, 0.717) is 11.4 Å². The predicted octanol–water partition coefficient (Wildman–Crippen LogP) is -0.543. The van der Waals surface area contributed by atoms with Gasteiger partial charge >= 0.3 is 11.4 Å². The maximum absolute atomic E-state index is 11.8. The number of nitrogens with two attached hydrogens (primary N) is 1. The van der Waals surface area contributed by atoms with Crippen molar-refractivity contribution < 1.29 is 0 Å². The normalized spacial score (nSPS) is 10.6. The van der Waals surface area contributed by atoms with Gasteiger partial charge in [0, 0.05) is 19.8 Å². The fraction of sp³-hybridized carbons (Fsp3) is 0.200. The van der Waals surface area contributed by atoms with E-state index in [2.05, 4.69) is 0 Å². The minimum Gasteiger partial charge on any atom is -0.399 e. The first-order chi connectivity index (χ1) is 7.52. The molecule has 0 fully saturated rings. The topological polar surface area (TPSA) is 75.0 Å². The summed E-state index contributed by atoms with van der Waals surface area (Å²) in [6.07, 6.45) is 0. The van der Waals surface area contributed by atoms with Gasteiger partial charge in [0.05, 0.1) is 5.69 Å². The minimum absolute atomic E-state index is 0.391. The van der Waals surface area contributed by atoms with E-state index in [4.69, 9.17) is 5.73 Å². The van der Waals surface area contributed by atoms with Crippen LogP contribution in [-0.2, 0) is 14.1 Å². The lowest BCUT2D eigenvalue weighted by Crippen LogP contribution is -2.26. The Balaban J connectivity index is 2.80. The number of hydrogen-bond donors (Lipinski definition) is 1. The van der Waals surface area contributed by atoms with Crippen molar-refractivity contribution in [3.05, 3.63) is 45.2 Å². The summed E-state index contributed by atoms with van der Waals surface area (Å²) < 4.78 is 3.56. The van der Waals surface area contributed by atoms with Gasteiger partial charge in [-0.1, -0.05) is 6.07 Å². The number of benzene rings is 1. The lowest BCUT2D eigenvalue weighted by molar-refractivity contribution is 0.565. The Morgan fingerprint density at radius 1 is 1.06 bits per heavy atom. The Morgan fingerprint density at radius 3 is 2.12 bits per heavy atom. The quantitative estimate of drug-likeness (QED) is 0.656. The van der Waals surface area contributed by atoms with Crippen LogP contribution >= 0.6 is 0 Å². The Kier molecular flexibility index (Phi) is 2.19. The molecule has 0 spiro atoms. The molecule has 16 heavy (non-hydrogen) atoms. The Morgan fingerprint density at radius 2 is 1.62 bits per heavy atom. The van der Waals surface area contributed by atoms with E-state index in [-0.39, 0.29) is 0 Å². The molecular weight excluding hydrogens is 208 g/mol. The molecule has 2 N–H and O–H groups in total. The van der Waals surface area contributed by atoms with Crippen LogP contribution in [0.5, 0.6) is 0 Å². The van der Waals surface area contributed by atoms with Crippen LogP contribution in [0.1, 0.15) is 0 Å². The molecule has 1 heterocycles. The van der Waals surface area contributed by atoms with Crippen molar-refractivity contribution in [1.82, 2.24) is 13.9 Å². The SMILES string of the molecule is Cn1c(=O)n(-c2cccc(N)c2)c(=O)n1C. The first kappa shape index (κ1) is 10.3. The molecule has 0 aliphatic heterocycles. The summed E-state index contributed by atoms with van der Waals surface area (Å²) in [5, 5.41) is 0. The third-order valence-electron chi connectivity index (χ3n) is 2.51. The lowest BCUT2D eigenvalue weighted by atomic mass is 10.3. The molecule has 0 amide bonds. The molecule has 0 atom stereocenters. The average molecular weight is 220 g/mol. The van der Waals surface area contributed by atoms with E-state index >= 15 is 0 Å². The zero-order valence-electron chi connectivity index (χ0n) is 9.04. The Labute approximate surface area is 91.1 Å². The van der Waals surface area contributed by atoms with Gasteiger partial charge in [0.1, 0.15) is 0 Å². The smallest absolute Gasteiger partial charge is 0.351 e. The van der Waals surface area contributed by atoms with Crippen LogP contribution in [0.3, 0.4) is 0 Å². The highest BCUT2D eigenvalue weighted by molar-refractivity contribution is 5.47. The van der Waals surface area contributed by atoms with Gasteiger partial charge in [0.2, 0.25) is 0 Å². The van der Waals surface area contributed by atoms with Crippen LogP contribution in [-0.4, -0.2) is 13.9 Å². The van der Waals surface area contributed by atoms with Crippen LogP contribution < -0.4 is 17.1 Å². The standard InChI is InChI=1S/C10H12N4O2/c1-12-9(15)14(10(16)13(12)2)8-5-3-4-7(11)6-8/h3-6H,11H2,1-2H3. The predicted molar refractivity (Wildman–Crippen MR) is 60.7 cm³/mol. The number of hydrogen-bond acceptors (Lipinski definition) is 3. The van der Waals surface area contributed by atoms with Crippen molar-refractivity contribution in [1.29, 1.82) is 0 Å². The average Bonchev–Trinajstić information content (AvgIpc) is 2.44.